The number of hydrogen-bond donors (Lipinski definition) is 12. The fraction of sp³-hybridized carbons (Fsp3) is 0.938. The summed E-state index contributed by atoms with van der Waals surface area (Å²) in [6, 6.07) is 0. The minimum Gasteiger partial charge on any atom is -0.394 e. The second kappa shape index (κ2) is 19.6. The third kappa shape index (κ3) is 8.93. The maximum Gasteiger partial charge on any atom is 0.187 e. The van der Waals surface area contributed by atoms with Crippen LogP contribution in [0.4, 0.5) is 0 Å². The summed E-state index contributed by atoms with van der Waals surface area (Å²) >= 11 is 0. The van der Waals surface area contributed by atoms with Gasteiger partial charge in [0.1, 0.15) is 78.8 Å². The summed E-state index contributed by atoms with van der Waals surface area (Å²) < 4.78 is 35.7. The fourth-order valence-electron chi connectivity index (χ4n) is 14.1. The molecule has 19 heteroatoms. The summed E-state index contributed by atoms with van der Waals surface area (Å²) in [4.78, 5) is 13.7. The molecule has 0 aromatic rings. The Balaban J connectivity index is 1.05. The topological polar surface area (TPSA) is 315 Å². The lowest BCUT2D eigenvalue weighted by Crippen LogP contribution is -2.66. The molecule has 7 rings (SSSR count). The van der Waals surface area contributed by atoms with E-state index < -0.39 is 141 Å². The molecule has 386 valence electrons. The van der Waals surface area contributed by atoms with Gasteiger partial charge in [-0.1, -0.05) is 53.2 Å². The normalized spacial score (nSPS) is 50.4. The van der Waals surface area contributed by atoms with Crippen LogP contribution >= 0.6 is 0 Å². The standard InChI is InChI=1S/C48H80O19/c1-21(9-13-29(52)45(4,5)67-42-39(61)36(58)33(55)26(19-50)63-42)22-15-16-46(6)28-12-10-23-24(48(28,8)30(53)17-47(22,46)7)11-14-31(44(23,2)3)65-43-40(37(59)34(56)27(20-51)64-43)66-41-38(60)35(57)32(54)25(18-49)62-41/h10,21-22,24-28,30-43,49-51,53-61H,9,11-20H2,1-8H3/t21?,22-,24+,25+,26-,27-,28-,30?,31-,32+,33+,34+,35-,36-,37-,38+,39?,40-,41-,42-,43-,46+,47+,48+/m0/s1. The first-order valence-corrected chi connectivity index (χ1v) is 24.4. The van der Waals surface area contributed by atoms with Crippen LogP contribution < -0.4 is 0 Å². The predicted molar refractivity (Wildman–Crippen MR) is 234 cm³/mol. The van der Waals surface area contributed by atoms with Gasteiger partial charge in [-0.2, -0.15) is 0 Å². The molecule has 0 amide bonds. The molecule has 24 atom stereocenters. The number of carbonyl (C=O) groups is 1. The highest BCUT2D eigenvalue weighted by atomic mass is 16.8. The lowest BCUT2D eigenvalue weighted by atomic mass is 9.38. The Kier molecular flexibility index (Phi) is 15.7. The summed E-state index contributed by atoms with van der Waals surface area (Å²) in [7, 11) is 0. The highest BCUT2D eigenvalue weighted by Crippen LogP contribution is 2.75. The van der Waals surface area contributed by atoms with E-state index in [1.54, 1.807) is 13.8 Å². The van der Waals surface area contributed by atoms with E-state index in [1.807, 2.05) is 0 Å². The molecule has 3 saturated carbocycles. The van der Waals surface area contributed by atoms with Crippen LogP contribution in [0.15, 0.2) is 11.6 Å². The lowest BCUT2D eigenvalue weighted by molar-refractivity contribution is -0.375. The van der Waals surface area contributed by atoms with Gasteiger partial charge in [-0.25, -0.2) is 0 Å². The minimum atomic E-state index is -1.80. The average Bonchev–Trinajstić information content (AvgIpc) is 3.55. The Hall–Kier alpha value is -1.31. The number of Topliss-reactive ketones (excluding diaryl/α,β-unsaturated/α-hetero) is 1. The summed E-state index contributed by atoms with van der Waals surface area (Å²) in [6.45, 7) is 14.4. The minimum absolute atomic E-state index is 0.0106. The number of hydrogen-bond acceptors (Lipinski definition) is 19. The van der Waals surface area contributed by atoms with Gasteiger partial charge in [0.25, 0.3) is 0 Å². The van der Waals surface area contributed by atoms with E-state index >= 15 is 0 Å². The Morgan fingerprint density at radius 1 is 0.701 bits per heavy atom. The van der Waals surface area contributed by atoms with Crippen LogP contribution in [-0.4, -0.2) is 197 Å². The number of allylic oxidation sites excluding steroid dienone is 1. The van der Waals surface area contributed by atoms with Crippen molar-refractivity contribution in [3.63, 3.8) is 0 Å². The molecule has 3 heterocycles. The molecule has 0 spiro atoms. The van der Waals surface area contributed by atoms with E-state index in [9.17, 15) is 66.1 Å². The molecule has 12 N–H and O–H groups in total. The summed E-state index contributed by atoms with van der Waals surface area (Å²) in [5.41, 5.74) is -1.84. The van der Waals surface area contributed by atoms with Gasteiger partial charge in [0, 0.05) is 17.3 Å². The molecule has 0 aromatic heterocycles. The van der Waals surface area contributed by atoms with Crippen LogP contribution in [-0.2, 0) is 33.2 Å². The van der Waals surface area contributed by atoms with E-state index in [4.69, 9.17) is 28.4 Å². The number of ether oxygens (including phenoxy) is 6. The molecule has 0 bridgehead atoms. The van der Waals surface area contributed by atoms with Crippen molar-refractivity contribution in [3.8, 4) is 0 Å². The van der Waals surface area contributed by atoms with Crippen LogP contribution in [0.3, 0.4) is 0 Å². The Morgan fingerprint density at radius 2 is 1.24 bits per heavy atom. The van der Waals surface area contributed by atoms with Crippen LogP contribution in [0.2, 0.25) is 0 Å². The molecule has 4 aliphatic carbocycles. The number of rotatable bonds is 14. The maximum atomic E-state index is 13.7. The van der Waals surface area contributed by atoms with Crippen molar-refractivity contribution in [2.45, 2.75) is 217 Å². The maximum absolute atomic E-state index is 13.7. The number of ketones is 1. The van der Waals surface area contributed by atoms with E-state index in [1.165, 1.54) is 0 Å². The van der Waals surface area contributed by atoms with Crippen LogP contribution in [0.1, 0.15) is 107 Å². The molecule has 6 fully saturated rings. The molecule has 7 aliphatic rings. The van der Waals surface area contributed by atoms with Gasteiger partial charge in [-0.15, -0.1) is 0 Å². The number of fused-ring (bicyclic) bond motifs is 5. The molecule has 3 unspecified atom stereocenters. The van der Waals surface area contributed by atoms with Crippen molar-refractivity contribution in [2.24, 2.45) is 45.3 Å². The zero-order valence-electron chi connectivity index (χ0n) is 40.2. The summed E-state index contributed by atoms with van der Waals surface area (Å²) in [5.74, 6) is 0.204. The second-order valence-electron chi connectivity index (χ2n) is 22.8. The zero-order chi connectivity index (χ0) is 49.5. The van der Waals surface area contributed by atoms with E-state index in [0.29, 0.717) is 32.1 Å². The lowest BCUT2D eigenvalue weighted by Gasteiger charge is -2.67. The summed E-state index contributed by atoms with van der Waals surface area (Å²) in [6.07, 6.45) is -16.9. The molecule has 67 heavy (non-hydrogen) atoms. The smallest absolute Gasteiger partial charge is 0.187 e. The van der Waals surface area contributed by atoms with Crippen LogP contribution in [0.5, 0.6) is 0 Å². The van der Waals surface area contributed by atoms with Gasteiger partial charge in [0.2, 0.25) is 0 Å². The van der Waals surface area contributed by atoms with Crippen molar-refractivity contribution >= 4 is 5.78 Å². The summed E-state index contributed by atoms with van der Waals surface area (Å²) in [5, 5.41) is 127. The predicted octanol–water partition coefficient (Wildman–Crippen LogP) is -0.848. The van der Waals surface area contributed by atoms with Crippen molar-refractivity contribution < 1.29 is 94.5 Å². The number of aliphatic hydroxyl groups excluding tert-OH is 12. The van der Waals surface area contributed by atoms with Crippen molar-refractivity contribution in [1.29, 1.82) is 0 Å². The van der Waals surface area contributed by atoms with Gasteiger partial charge in [0.05, 0.1) is 32.0 Å². The first-order valence-electron chi connectivity index (χ1n) is 24.4. The zero-order valence-corrected chi connectivity index (χ0v) is 40.2. The highest BCUT2D eigenvalue weighted by Gasteiger charge is 2.70. The largest absolute Gasteiger partial charge is 0.394 e. The molecular weight excluding hydrogens is 881 g/mol. The van der Waals surface area contributed by atoms with Gasteiger partial charge in [0.15, 0.2) is 24.7 Å². The molecule has 0 aromatic carbocycles. The monoisotopic (exact) mass is 961 g/mol. The highest BCUT2D eigenvalue weighted by molar-refractivity contribution is 5.86. The Morgan fingerprint density at radius 3 is 1.82 bits per heavy atom. The number of carbonyl (C=O) groups excluding carboxylic acids is 1. The van der Waals surface area contributed by atoms with E-state index in [0.717, 1.165) is 18.4 Å². The van der Waals surface area contributed by atoms with Crippen molar-refractivity contribution in [2.75, 3.05) is 19.8 Å². The van der Waals surface area contributed by atoms with Gasteiger partial charge in [-0.05, 0) is 93.3 Å². The first kappa shape index (κ1) is 53.5. The molecule has 3 saturated heterocycles. The molecule has 19 nitrogen and oxygen atoms in total. The Bertz CT molecular complexity index is 1760. The quantitative estimate of drug-likeness (QED) is 0.0944. The van der Waals surface area contributed by atoms with Crippen molar-refractivity contribution in [1.82, 2.24) is 0 Å². The third-order valence-corrected chi connectivity index (χ3v) is 18.6. The van der Waals surface area contributed by atoms with Crippen molar-refractivity contribution in [3.05, 3.63) is 11.6 Å². The SMILES string of the molecule is CC(CCC(=O)C(C)(C)O[C@@H]1O[C@@H](CO)[C@@H](O)[C@H](O)C1O)[C@@H]1CC[C@]2(C)[C@@H]3CC=C4[C@@H](CC[C@H](O[C@@H]5O[C@@H](CO)[C@@H](O)[C@H](O)[C@@H]5O[C@@H]5O[C@H](CO)[C@@H](O)[C@H](O)[C@H]5O)C4(C)C)[C@@]3(C)C(O)C[C@]12C. The molecule has 3 aliphatic heterocycles. The van der Waals surface area contributed by atoms with Gasteiger partial charge < -0.3 is 89.7 Å². The first-order chi connectivity index (χ1) is 31.2. The number of aliphatic hydroxyl groups is 12. The van der Waals surface area contributed by atoms with E-state index in [-0.39, 0.29) is 46.7 Å². The van der Waals surface area contributed by atoms with Gasteiger partial charge in [-0.3, -0.25) is 4.79 Å². The van der Waals surface area contributed by atoms with Crippen LogP contribution in [0, 0.1) is 45.3 Å². The molecule has 0 radical (unpaired) electrons. The van der Waals surface area contributed by atoms with Crippen LogP contribution in [0.25, 0.3) is 0 Å². The fourth-order valence-corrected chi connectivity index (χ4v) is 14.1. The van der Waals surface area contributed by atoms with E-state index in [2.05, 4.69) is 47.6 Å². The van der Waals surface area contributed by atoms with Gasteiger partial charge >= 0.3 is 0 Å². The molecular formula is C48H80O19. The average molecular weight is 961 g/mol. The Labute approximate surface area is 393 Å². The third-order valence-electron chi connectivity index (χ3n) is 18.6. The second-order valence-corrected chi connectivity index (χ2v) is 22.8.